The Morgan fingerprint density at radius 1 is 1.12 bits per heavy atom. The number of carboxylic acids is 1. The minimum atomic E-state index is -0.847. The number of carboxylic acid groups (broad SMARTS) is 1. The molecule has 0 aromatic heterocycles. The van der Waals surface area contributed by atoms with E-state index in [1.807, 2.05) is 24.3 Å². The summed E-state index contributed by atoms with van der Waals surface area (Å²) in [4.78, 5) is 11.7. The highest BCUT2D eigenvalue weighted by Gasteiger charge is 2.21. The van der Waals surface area contributed by atoms with Gasteiger partial charge in [0.15, 0.2) is 0 Å². The van der Waals surface area contributed by atoms with Crippen LogP contribution in [0.3, 0.4) is 0 Å². The van der Waals surface area contributed by atoms with Crippen LogP contribution in [0.1, 0.15) is 43.2 Å². The number of para-hydroxylation sites is 1. The fraction of sp³-hybridized carbons (Fsp3) is 0.350. The van der Waals surface area contributed by atoms with E-state index >= 15 is 0 Å². The van der Waals surface area contributed by atoms with E-state index in [0.29, 0.717) is 18.7 Å². The van der Waals surface area contributed by atoms with Crippen molar-refractivity contribution in [2.24, 2.45) is 0 Å². The first kappa shape index (κ1) is 17.9. The second-order valence-corrected chi connectivity index (χ2v) is 5.92. The lowest BCUT2D eigenvalue weighted by molar-refractivity contribution is -0.138. The summed E-state index contributed by atoms with van der Waals surface area (Å²) in [5.41, 5.74) is 7.98. The summed E-state index contributed by atoms with van der Waals surface area (Å²) in [6, 6.07) is 14.7. The Hall–Kier alpha value is -2.49. The maximum atomic E-state index is 11.7. The molecule has 0 amide bonds. The number of anilines is 1. The molecular formula is C20H25NO3. The van der Waals surface area contributed by atoms with Gasteiger partial charge in [0.25, 0.3) is 0 Å². The predicted molar refractivity (Wildman–Crippen MR) is 96.4 cm³/mol. The lowest BCUT2D eigenvalue weighted by atomic mass is 9.91. The molecule has 0 saturated carbocycles. The second-order valence-electron chi connectivity index (χ2n) is 5.92. The molecule has 0 aliphatic carbocycles. The van der Waals surface area contributed by atoms with Crippen molar-refractivity contribution in [1.29, 1.82) is 0 Å². The zero-order valence-corrected chi connectivity index (χ0v) is 14.1. The van der Waals surface area contributed by atoms with Crippen molar-refractivity contribution in [2.75, 3.05) is 12.3 Å². The van der Waals surface area contributed by atoms with Crippen molar-refractivity contribution in [3.8, 4) is 5.75 Å². The van der Waals surface area contributed by atoms with Crippen molar-refractivity contribution in [3.05, 3.63) is 59.7 Å². The van der Waals surface area contributed by atoms with E-state index in [1.165, 1.54) is 0 Å². The van der Waals surface area contributed by atoms with Gasteiger partial charge < -0.3 is 15.6 Å². The van der Waals surface area contributed by atoms with Gasteiger partial charge in [0.05, 0.1) is 12.5 Å². The molecule has 128 valence electrons. The fourth-order valence-electron chi connectivity index (χ4n) is 2.64. The number of carbonyl (C=O) groups is 1. The normalized spacial score (nSPS) is 11.9. The Morgan fingerprint density at radius 3 is 2.50 bits per heavy atom. The number of nitrogens with two attached hydrogens (primary N) is 1. The average Bonchev–Trinajstić information content (AvgIpc) is 2.58. The van der Waals surface area contributed by atoms with Crippen molar-refractivity contribution >= 4 is 11.7 Å². The van der Waals surface area contributed by atoms with Crippen LogP contribution in [0, 0.1) is 0 Å². The van der Waals surface area contributed by atoms with Crippen LogP contribution in [0.4, 0.5) is 5.69 Å². The van der Waals surface area contributed by atoms with Crippen LogP contribution < -0.4 is 10.5 Å². The van der Waals surface area contributed by atoms with Crippen LogP contribution in [0.5, 0.6) is 5.75 Å². The molecule has 0 bridgehead atoms. The summed E-state index contributed by atoms with van der Waals surface area (Å²) in [5.74, 6) is -0.693. The third kappa shape index (κ3) is 5.01. The monoisotopic (exact) mass is 327 g/mol. The number of rotatable bonds is 9. The van der Waals surface area contributed by atoms with E-state index in [-0.39, 0.29) is 0 Å². The topological polar surface area (TPSA) is 72.5 Å². The number of benzene rings is 2. The molecule has 3 N–H and O–H groups in total. The summed E-state index contributed by atoms with van der Waals surface area (Å²) in [6.45, 7) is 2.81. The number of ether oxygens (including phenoxy) is 1. The average molecular weight is 327 g/mol. The summed E-state index contributed by atoms with van der Waals surface area (Å²) in [7, 11) is 0. The van der Waals surface area contributed by atoms with Gasteiger partial charge in [-0.05, 0) is 42.2 Å². The lowest BCUT2D eigenvalue weighted by Crippen LogP contribution is -2.15. The number of hydrogen-bond donors (Lipinski definition) is 2. The van der Waals surface area contributed by atoms with E-state index in [0.717, 1.165) is 36.1 Å². The summed E-state index contributed by atoms with van der Waals surface area (Å²) in [5, 5.41) is 9.62. The fourth-order valence-corrected chi connectivity index (χ4v) is 2.64. The first-order valence-corrected chi connectivity index (χ1v) is 8.40. The van der Waals surface area contributed by atoms with Crippen molar-refractivity contribution in [2.45, 2.75) is 38.5 Å². The Bertz CT molecular complexity index is 652. The van der Waals surface area contributed by atoms with Crippen LogP contribution >= 0.6 is 0 Å². The van der Waals surface area contributed by atoms with Gasteiger partial charge >= 0.3 is 5.97 Å². The minimum absolute atomic E-state index is 0.392. The van der Waals surface area contributed by atoms with Crippen LogP contribution in [-0.4, -0.2) is 17.7 Å². The van der Waals surface area contributed by atoms with E-state index in [1.54, 1.807) is 24.3 Å². The van der Waals surface area contributed by atoms with Crippen LogP contribution in [0.15, 0.2) is 48.5 Å². The molecule has 24 heavy (non-hydrogen) atoms. The molecule has 0 saturated heterocycles. The molecule has 0 radical (unpaired) electrons. The lowest BCUT2D eigenvalue weighted by Gasteiger charge is -2.16. The Balaban J connectivity index is 2.14. The van der Waals surface area contributed by atoms with Crippen LogP contribution in [0.2, 0.25) is 0 Å². The number of hydrogen-bond acceptors (Lipinski definition) is 3. The second kappa shape index (κ2) is 8.96. The number of nitrogen functional groups attached to an aromatic ring is 1. The van der Waals surface area contributed by atoms with Crippen LogP contribution in [0.25, 0.3) is 0 Å². The standard InChI is InChI=1S/C20H25NO3/c1-2-3-6-13-24-19-8-5-4-7-16(19)14-18(20(22)23)15-9-11-17(21)12-10-15/h4-5,7-12,18H,2-3,6,13-14,21H2,1H3,(H,22,23). The zero-order valence-electron chi connectivity index (χ0n) is 14.1. The largest absolute Gasteiger partial charge is 0.493 e. The third-order valence-electron chi connectivity index (χ3n) is 4.04. The third-order valence-corrected chi connectivity index (χ3v) is 4.04. The Kier molecular flexibility index (Phi) is 6.67. The molecular weight excluding hydrogens is 302 g/mol. The highest BCUT2D eigenvalue weighted by atomic mass is 16.5. The van der Waals surface area contributed by atoms with Crippen molar-refractivity contribution in [1.82, 2.24) is 0 Å². The summed E-state index contributed by atoms with van der Waals surface area (Å²) in [6.07, 6.45) is 3.67. The predicted octanol–water partition coefficient (Wildman–Crippen LogP) is 4.25. The molecule has 0 heterocycles. The molecule has 2 aromatic rings. The van der Waals surface area contributed by atoms with Gasteiger partial charge in [-0.25, -0.2) is 0 Å². The van der Waals surface area contributed by atoms with Gasteiger partial charge in [-0.3, -0.25) is 4.79 Å². The molecule has 0 spiro atoms. The highest BCUT2D eigenvalue weighted by Crippen LogP contribution is 2.27. The first-order chi connectivity index (χ1) is 11.6. The maximum absolute atomic E-state index is 11.7. The van der Waals surface area contributed by atoms with E-state index in [9.17, 15) is 9.90 Å². The van der Waals surface area contributed by atoms with Crippen LogP contribution in [-0.2, 0) is 11.2 Å². The summed E-state index contributed by atoms with van der Waals surface area (Å²) >= 11 is 0. The van der Waals surface area contributed by atoms with Crippen molar-refractivity contribution < 1.29 is 14.6 Å². The molecule has 0 aliphatic heterocycles. The molecule has 0 fully saturated rings. The van der Waals surface area contributed by atoms with E-state index in [4.69, 9.17) is 10.5 Å². The first-order valence-electron chi connectivity index (χ1n) is 8.40. The van der Waals surface area contributed by atoms with Gasteiger partial charge in [0.2, 0.25) is 0 Å². The van der Waals surface area contributed by atoms with Crippen molar-refractivity contribution in [3.63, 3.8) is 0 Å². The number of unbranched alkanes of at least 4 members (excludes halogenated alkanes) is 2. The van der Waals surface area contributed by atoms with Gasteiger partial charge in [-0.2, -0.15) is 0 Å². The molecule has 4 heteroatoms. The van der Waals surface area contributed by atoms with Gasteiger partial charge in [0, 0.05) is 5.69 Å². The van der Waals surface area contributed by atoms with E-state index < -0.39 is 11.9 Å². The maximum Gasteiger partial charge on any atom is 0.311 e. The summed E-state index contributed by atoms with van der Waals surface area (Å²) < 4.78 is 5.86. The Morgan fingerprint density at radius 2 is 1.83 bits per heavy atom. The highest BCUT2D eigenvalue weighted by molar-refractivity contribution is 5.77. The molecule has 2 aromatic carbocycles. The Labute approximate surface area is 143 Å². The SMILES string of the molecule is CCCCCOc1ccccc1CC(C(=O)O)c1ccc(N)cc1. The molecule has 0 aliphatic rings. The number of aliphatic carboxylic acids is 1. The zero-order chi connectivity index (χ0) is 17.4. The van der Waals surface area contributed by atoms with Gasteiger partial charge in [-0.15, -0.1) is 0 Å². The quantitative estimate of drug-likeness (QED) is 0.533. The molecule has 1 atom stereocenters. The molecule has 2 rings (SSSR count). The molecule has 4 nitrogen and oxygen atoms in total. The smallest absolute Gasteiger partial charge is 0.311 e. The van der Waals surface area contributed by atoms with Gasteiger partial charge in [-0.1, -0.05) is 50.1 Å². The van der Waals surface area contributed by atoms with Gasteiger partial charge in [0.1, 0.15) is 5.75 Å². The molecule has 1 unspecified atom stereocenters. The van der Waals surface area contributed by atoms with E-state index in [2.05, 4.69) is 6.92 Å². The minimum Gasteiger partial charge on any atom is -0.493 e.